The van der Waals surface area contributed by atoms with Gasteiger partial charge in [-0.1, -0.05) is 5.92 Å². The number of allylic oxidation sites excluding steroid dienone is 1. The minimum Gasteiger partial charge on any atom is -0.396 e. The van der Waals surface area contributed by atoms with Crippen molar-refractivity contribution in [3.8, 4) is 12.3 Å². The van der Waals surface area contributed by atoms with Crippen LogP contribution in [0.25, 0.3) is 0 Å². The highest BCUT2D eigenvalue weighted by molar-refractivity contribution is 5.12. The Labute approximate surface area is 47.8 Å². The second-order valence-electron chi connectivity index (χ2n) is 1.23. The van der Waals surface area contributed by atoms with Gasteiger partial charge in [-0.25, -0.2) is 4.39 Å². The molecule has 0 unspecified atom stereocenters. The molecule has 0 amide bonds. The molecule has 0 aromatic heterocycles. The molecule has 44 valence electrons. The van der Waals surface area contributed by atoms with Crippen molar-refractivity contribution in [1.82, 2.24) is 0 Å². The van der Waals surface area contributed by atoms with Gasteiger partial charge in [-0.2, -0.15) is 0 Å². The topological polar surface area (TPSA) is 20.2 Å². The maximum Gasteiger partial charge on any atom is 0.110 e. The van der Waals surface area contributed by atoms with Gasteiger partial charge in [-0.3, -0.25) is 0 Å². The Kier molecular flexibility index (Phi) is 3.91. The summed E-state index contributed by atoms with van der Waals surface area (Å²) in [7, 11) is 0. The van der Waals surface area contributed by atoms with Crippen LogP contribution < -0.4 is 0 Å². The van der Waals surface area contributed by atoms with Gasteiger partial charge in [0.05, 0.1) is 0 Å². The van der Waals surface area contributed by atoms with Crippen LogP contribution in [0.5, 0.6) is 0 Å². The van der Waals surface area contributed by atoms with Crippen LogP contribution in [0.2, 0.25) is 0 Å². The molecule has 0 bridgehead atoms. The highest BCUT2D eigenvalue weighted by Gasteiger charge is 1.87. The number of halogens is 1. The van der Waals surface area contributed by atoms with E-state index in [-0.39, 0.29) is 13.0 Å². The van der Waals surface area contributed by atoms with Gasteiger partial charge in [0, 0.05) is 19.1 Å². The van der Waals surface area contributed by atoms with Crippen molar-refractivity contribution >= 4 is 0 Å². The fraction of sp³-hybridized carbons (Fsp3) is 0.333. The van der Waals surface area contributed by atoms with Gasteiger partial charge in [-0.05, 0) is 0 Å². The lowest BCUT2D eigenvalue weighted by Crippen LogP contribution is -1.80. The summed E-state index contributed by atoms with van der Waals surface area (Å²) in [6.45, 7) is -0.190. The summed E-state index contributed by atoms with van der Waals surface area (Å²) in [5, 5.41) is 8.11. The third-order valence-electron chi connectivity index (χ3n) is 0.591. The number of terminal acetylenes is 1. The monoisotopic (exact) mass is 114 g/mol. The summed E-state index contributed by atoms with van der Waals surface area (Å²) in [5.74, 6) is 1.56. The fourth-order valence-electron chi connectivity index (χ4n) is 0.269. The zero-order chi connectivity index (χ0) is 6.41. The molecule has 0 saturated heterocycles. The average molecular weight is 114 g/mol. The van der Waals surface area contributed by atoms with E-state index in [4.69, 9.17) is 11.5 Å². The van der Waals surface area contributed by atoms with Gasteiger partial charge in [0.1, 0.15) is 5.83 Å². The summed E-state index contributed by atoms with van der Waals surface area (Å²) < 4.78 is 12.0. The summed E-state index contributed by atoms with van der Waals surface area (Å²) in [6.07, 6.45) is 5.73. The Morgan fingerprint density at radius 2 is 2.50 bits per heavy atom. The van der Waals surface area contributed by atoms with Gasteiger partial charge in [0.15, 0.2) is 0 Å². The van der Waals surface area contributed by atoms with Crippen LogP contribution in [-0.2, 0) is 0 Å². The summed E-state index contributed by atoms with van der Waals surface area (Å²) >= 11 is 0. The highest BCUT2D eigenvalue weighted by Crippen LogP contribution is 1.98. The Hall–Kier alpha value is -0.810. The molecular formula is C6H7FO. The second kappa shape index (κ2) is 4.35. The van der Waals surface area contributed by atoms with Gasteiger partial charge in [0.2, 0.25) is 0 Å². The van der Waals surface area contributed by atoms with Crippen LogP contribution in [0.1, 0.15) is 6.42 Å². The number of aliphatic hydroxyl groups excluding tert-OH is 1. The minimum atomic E-state index is -0.449. The molecule has 1 N–H and O–H groups in total. The Balaban J connectivity index is 3.49. The third-order valence-corrected chi connectivity index (χ3v) is 0.591. The molecule has 0 spiro atoms. The quantitative estimate of drug-likeness (QED) is 0.528. The maximum absolute atomic E-state index is 12.0. The van der Waals surface area contributed by atoms with Crippen LogP contribution in [0.4, 0.5) is 4.39 Å². The third kappa shape index (κ3) is 3.38. The predicted molar refractivity (Wildman–Crippen MR) is 29.7 cm³/mol. The van der Waals surface area contributed by atoms with E-state index in [1.54, 1.807) is 0 Å². The molecule has 0 aliphatic rings. The van der Waals surface area contributed by atoms with E-state index < -0.39 is 5.83 Å². The Morgan fingerprint density at radius 3 is 2.88 bits per heavy atom. The lowest BCUT2D eigenvalue weighted by atomic mass is 10.4. The first-order valence-electron chi connectivity index (χ1n) is 2.22. The van der Waals surface area contributed by atoms with Crippen molar-refractivity contribution in [3.05, 3.63) is 11.9 Å². The van der Waals surface area contributed by atoms with Crippen molar-refractivity contribution in [3.63, 3.8) is 0 Å². The largest absolute Gasteiger partial charge is 0.396 e. The summed E-state index contributed by atoms with van der Waals surface area (Å²) in [6, 6.07) is 0. The van der Waals surface area contributed by atoms with E-state index in [0.29, 0.717) is 0 Å². The van der Waals surface area contributed by atoms with Crippen molar-refractivity contribution < 1.29 is 9.50 Å². The van der Waals surface area contributed by atoms with Crippen molar-refractivity contribution in [2.75, 3.05) is 6.61 Å². The van der Waals surface area contributed by atoms with Gasteiger partial charge in [-0.15, -0.1) is 6.42 Å². The molecule has 0 aromatic carbocycles. The molecule has 0 aliphatic carbocycles. The van der Waals surface area contributed by atoms with Gasteiger partial charge >= 0.3 is 0 Å². The number of hydrogen-bond acceptors (Lipinski definition) is 1. The zero-order valence-corrected chi connectivity index (χ0v) is 4.39. The lowest BCUT2D eigenvalue weighted by molar-refractivity contribution is 0.289. The first kappa shape index (κ1) is 7.19. The zero-order valence-electron chi connectivity index (χ0n) is 4.39. The molecule has 0 atom stereocenters. The van der Waals surface area contributed by atoms with E-state index in [0.717, 1.165) is 6.08 Å². The molecule has 2 heteroatoms. The van der Waals surface area contributed by atoms with Crippen LogP contribution in [0.3, 0.4) is 0 Å². The molecule has 0 saturated carbocycles. The van der Waals surface area contributed by atoms with Gasteiger partial charge < -0.3 is 5.11 Å². The number of hydrogen-bond donors (Lipinski definition) is 1. The molecule has 0 heterocycles. The smallest absolute Gasteiger partial charge is 0.110 e. The normalized spacial score (nSPS) is 10.9. The van der Waals surface area contributed by atoms with E-state index in [1.807, 2.05) is 5.92 Å². The van der Waals surface area contributed by atoms with Crippen molar-refractivity contribution in [2.45, 2.75) is 6.42 Å². The predicted octanol–water partition coefficient (Wildman–Crippen LogP) is 0.855. The number of rotatable bonds is 2. The van der Waals surface area contributed by atoms with E-state index in [9.17, 15) is 4.39 Å². The molecule has 0 aliphatic heterocycles. The van der Waals surface area contributed by atoms with Gasteiger partial charge in [0.25, 0.3) is 0 Å². The first-order valence-corrected chi connectivity index (χ1v) is 2.22. The SMILES string of the molecule is C#C/C=C(/F)CCO. The molecular weight excluding hydrogens is 107 g/mol. The molecule has 8 heavy (non-hydrogen) atoms. The Morgan fingerprint density at radius 1 is 1.88 bits per heavy atom. The lowest BCUT2D eigenvalue weighted by Gasteiger charge is -1.85. The van der Waals surface area contributed by atoms with Crippen LogP contribution in [0, 0.1) is 12.3 Å². The standard InChI is InChI=1S/C6H7FO/c1-2-3-6(7)4-5-8/h1,3,8H,4-5H2/b6-3+. The summed E-state index contributed by atoms with van der Waals surface area (Å²) in [5.41, 5.74) is 0. The van der Waals surface area contributed by atoms with Crippen molar-refractivity contribution in [2.24, 2.45) is 0 Å². The van der Waals surface area contributed by atoms with E-state index in [2.05, 4.69) is 0 Å². The van der Waals surface area contributed by atoms with Crippen LogP contribution in [-0.4, -0.2) is 11.7 Å². The second-order valence-corrected chi connectivity index (χ2v) is 1.23. The average Bonchev–Trinajstić information content (AvgIpc) is 1.68. The van der Waals surface area contributed by atoms with E-state index in [1.165, 1.54) is 0 Å². The molecule has 0 radical (unpaired) electrons. The maximum atomic E-state index is 12.0. The fourth-order valence-corrected chi connectivity index (χ4v) is 0.269. The first-order chi connectivity index (χ1) is 3.81. The number of aliphatic hydroxyl groups is 1. The molecule has 1 nitrogen and oxygen atoms in total. The molecule has 0 rings (SSSR count). The van der Waals surface area contributed by atoms with E-state index >= 15 is 0 Å². The minimum absolute atomic E-state index is 0.0181. The highest BCUT2D eigenvalue weighted by atomic mass is 19.1. The van der Waals surface area contributed by atoms with Crippen LogP contribution >= 0.6 is 0 Å². The summed E-state index contributed by atoms with van der Waals surface area (Å²) in [4.78, 5) is 0. The Bertz CT molecular complexity index is 121. The molecule has 0 aromatic rings. The van der Waals surface area contributed by atoms with Crippen LogP contribution in [0.15, 0.2) is 11.9 Å². The van der Waals surface area contributed by atoms with Crippen molar-refractivity contribution in [1.29, 1.82) is 0 Å². The molecule has 0 fully saturated rings.